The quantitative estimate of drug-likeness (QED) is 0.359. The van der Waals surface area contributed by atoms with Gasteiger partial charge in [-0.1, -0.05) is 39.7 Å². The maximum atomic E-state index is 12.3. The Morgan fingerprint density at radius 2 is 1.71 bits per heavy atom. The van der Waals surface area contributed by atoms with Gasteiger partial charge in [0.25, 0.3) is 0 Å². The van der Waals surface area contributed by atoms with Gasteiger partial charge in [-0.2, -0.15) is 0 Å². The van der Waals surface area contributed by atoms with Crippen molar-refractivity contribution in [1.29, 1.82) is 0 Å². The van der Waals surface area contributed by atoms with Crippen LogP contribution in [0, 0.1) is 0 Å². The van der Waals surface area contributed by atoms with E-state index >= 15 is 0 Å². The summed E-state index contributed by atoms with van der Waals surface area (Å²) in [6.07, 6.45) is 5.56. The van der Waals surface area contributed by atoms with E-state index in [9.17, 15) is 9.59 Å². The van der Waals surface area contributed by atoms with Crippen molar-refractivity contribution in [2.45, 2.75) is 66.2 Å². The smallest absolute Gasteiger partial charge is 0.341 e. The van der Waals surface area contributed by atoms with E-state index in [0.717, 1.165) is 43.2 Å². The summed E-state index contributed by atoms with van der Waals surface area (Å²) in [5.41, 5.74) is 2.41. The molecule has 0 amide bonds. The largest absolute Gasteiger partial charge is 0.462 e. The van der Waals surface area contributed by atoms with Crippen molar-refractivity contribution in [3.63, 3.8) is 0 Å². The first kappa shape index (κ1) is 22.4. The minimum Gasteiger partial charge on any atom is -0.462 e. The number of hydrogen-bond acceptors (Lipinski definition) is 4. The van der Waals surface area contributed by atoms with Gasteiger partial charge in [0.05, 0.1) is 6.61 Å². The summed E-state index contributed by atoms with van der Waals surface area (Å²) in [5, 5.41) is 0. The normalized spacial score (nSPS) is 10.0. The molecular formula is C19H29ClO4. The Balaban J connectivity index is 0.00000529. The fraction of sp³-hybridized carbons (Fsp3) is 0.579. The fourth-order valence-corrected chi connectivity index (χ4v) is 2.47. The maximum Gasteiger partial charge on any atom is 0.341 e. The highest BCUT2D eigenvalue weighted by Gasteiger charge is 2.21. The molecule has 0 aliphatic rings. The van der Waals surface area contributed by atoms with Crippen LogP contribution >= 0.6 is 12.4 Å². The highest BCUT2D eigenvalue weighted by atomic mass is 35.5. The molecule has 5 heteroatoms. The molecule has 1 aromatic carbocycles. The highest BCUT2D eigenvalue weighted by Crippen LogP contribution is 2.30. The first-order valence-corrected chi connectivity index (χ1v) is 8.55. The van der Waals surface area contributed by atoms with Crippen molar-refractivity contribution in [2.75, 3.05) is 6.61 Å². The second kappa shape index (κ2) is 11.9. The number of unbranched alkanes of at least 4 members (excludes halogenated alkanes) is 2. The summed E-state index contributed by atoms with van der Waals surface area (Å²) in [6, 6.07) is 3.68. The number of ether oxygens (including phenoxy) is 2. The Bertz CT molecular complexity index is 540. The summed E-state index contributed by atoms with van der Waals surface area (Å²) in [7, 11) is 0. The Kier molecular flexibility index (Phi) is 11.1. The Morgan fingerprint density at radius 1 is 1.04 bits per heavy atom. The van der Waals surface area contributed by atoms with Crippen molar-refractivity contribution in [3.05, 3.63) is 28.8 Å². The third kappa shape index (κ3) is 6.52. The van der Waals surface area contributed by atoms with Gasteiger partial charge in [-0.25, -0.2) is 4.79 Å². The van der Waals surface area contributed by atoms with Crippen molar-refractivity contribution in [1.82, 2.24) is 0 Å². The molecule has 1 aromatic rings. The lowest BCUT2D eigenvalue weighted by Crippen LogP contribution is -2.14. The van der Waals surface area contributed by atoms with Crippen LogP contribution in [-0.2, 0) is 22.4 Å². The molecular weight excluding hydrogens is 328 g/mol. The lowest BCUT2D eigenvalue weighted by atomic mass is 9.96. The van der Waals surface area contributed by atoms with Gasteiger partial charge >= 0.3 is 11.9 Å². The molecule has 4 nitrogen and oxygen atoms in total. The Labute approximate surface area is 151 Å². The van der Waals surface area contributed by atoms with Crippen LogP contribution in [0.5, 0.6) is 5.75 Å². The molecule has 0 aliphatic carbocycles. The lowest BCUT2D eigenvalue weighted by molar-refractivity contribution is -0.131. The fourth-order valence-electron chi connectivity index (χ4n) is 2.47. The SMILES string of the molecule is CCCCOC(=O)c1ccc(CCCC)c(CC)c1OC(C)=O.Cl. The third-order valence-corrected chi connectivity index (χ3v) is 3.71. The van der Waals surface area contributed by atoms with E-state index < -0.39 is 11.9 Å². The molecule has 0 atom stereocenters. The van der Waals surface area contributed by atoms with Gasteiger partial charge in [0, 0.05) is 6.92 Å². The molecule has 0 saturated carbocycles. The van der Waals surface area contributed by atoms with Crippen LogP contribution in [0.1, 0.15) is 74.9 Å². The molecule has 0 bridgehead atoms. The molecule has 0 fully saturated rings. The monoisotopic (exact) mass is 356 g/mol. The van der Waals surface area contributed by atoms with Crippen LogP contribution in [-0.4, -0.2) is 18.5 Å². The number of aryl methyl sites for hydroxylation is 1. The van der Waals surface area contributed by atoms with Crippen molar-refractivity contribution >= 4 is 24.3 Å². The number of esters is 2. The third-order valence-electron chi connectivity index (χ3n) is 3.71. The zero-order chi connectivity index (χ0) is 17.2. The van der Waals surface area contributed by atoms with Crippen molar-refractivity contribution < 1.29 is 19.1 Å². The van der Waals surface area contributed by atoms with Gasteiger partial charge in [-0.15, -0.1) is 12.4 Å². The molecule has 0 unspecified atom stereocenters. The molecule has 0 aliphatic heterocycles. The minimum atomic E-state index is -0.425. The molecule has 136 valence electrons. The summed E-state index contributed by atoms with van der Waals surface area (Å²) < 4.78 is 10.7. The molecule has 0 aromatic heterocycles. The predicted molar refractivity (Wildman–Crippen MR) is 98.2 cm³/mol. The van der Waals surface area contributed by atoms with Gasteiger partial charge in [-0.3, -0.25) is 4.79 Å². The first-order valence-electron chi connectivity index (χ1n) is 8.55. The van der Waals surface area contributed by atoms with Crippen LogP contribution in [0.15, 0.2) is 12.1 Å². The first-order chi connectivity index (χ1) is 11.0. The lowest BCUT2D eigenvalue weighted by Gasteiger charge is -2.16. The average Bonchev–Trinajstić information content (AvgIpc) is 2.52. The Morgan fingerprint density at radius 3 is 2.25 bits per heavy atom. The topological polar surface area (TPSA) is 52.6 Å². The van der Waals surface area contributed by atoms with Gasteiger partial charge in [-0.05, 0) is 42.9 Å². The summed E-state index contributed by atoms with van der Waals surface area (Å²) >= 11 is 0. The molecule has 0 N–H and O–H groups in total. The van der Waals surface area contributed by atoms with Gasteiger partial charge in [0.1, 0.15) is 11.3 Å². The van der Waals surface area contributed by atoms with E-state index in [0.29, 0.717) is 24.3 Å². The van der Waals surface area contributed by atoms with Gasteiger partial charge in [0.15, 0.2) is 0 Å². The molecule has 1 rings (SSSR count). The van der Waals surface area contributed by atoms with E-state index in [1.807, 2.05) is 19.9 Å². The molecule has 0 radical (unpaired) electrons. The van der Waals surface area contributed by atoms with Crippen molar-refractivity contribution in [2.24, 2.45) is 0 Å². The minimum absolute atomic E-state index is 0. The summed E-state index contributed by atoms with van der Waals surface area (Å²) in [5.74, 6) is -0.475. The van der Waals surface area contributed by atoms with Crippen LogP contribution in [0.25, 0.3) is 0 Å². The molecule has 24 heavy (non-hydrogen) atoms. The number of carbonyl (C=O) groups is 2. The standard InChI is InChI=1S/C19H28O4.ClH/c1-5-8-10-15-11-12-17(19(21)22-13-9-6-2)18(16(15)7-3)23-14(4)20;/h11-12H,5-10,13H2,1-4H3;1H. The van der Waals surface area contributed by atoms with Crippen LogP contribution in [0.3, 0.4) is 0 Å². The van der Waals surface area contributed by atoms with Crippen LogP contribution in [0.2, 0.25) is 0 Å². The van der Waals surface area contributed by atoms with Crippen LogP contribution in [0.4, 0.5) is 0 Å². The highest BCUT2D eigenvalue weighted by molar-refractivity contribution is 5.94. The van der Waals surface area contributed by atoms with E-state index in [2.05, 4.69) is 6.92 Å². The number of rotatable bonds is 9. The van der Waals surface area contributed by atoms with Crippen LogP contribution < -0.4 is 4.74 Å². The van der Waals surface area contributed by atoms with Gasteiger partial charge < -0.3 is 9.47 Å². The predicted octanol–water partition coefficient (Wildman–Crippen LogP) is 4.90. The van der Waals surface area contributed by atoms with Crippen molar-refractivity contribution in [3.8, 4) is 5.75 Å². The van der Waals surface area contributed by atoms with E-state index in [1.165, 1.54) is 6.92 Å². The number of halogens is 1. The average molecular weight is 357 g/mol. The Hall–Kier alpha value is -1.55. The summed E-state index contributed by atoms with van der Waals surface area (Å²) in [4.78, 5) is 23.8. The maximum absolute atomic E-state index is 12.3. The molecule has 0 heterocycles. The van der Waals surface area contributed by atoms with E-state index in [4.69, 9.17) is 9.47 Å². The number of hydrogen-bond donors (Lipinski definition) is 0. The summed E-state index contributed by atoms with van der Waals surface area (Å²) in [6.45, 7) is 7.91. The zero-order valence-corrected chi connectivity index (χ0v) is 16.0. The van der Waals surface area contributed by atoms with E-state index in [1.54, 1.807) is 6.07 Å². The number of carbonyl (C=O) groups excluding carboxylic acids is 2. The molecule has 0 saturated heterocycles. The number of benzene rings is 1. The second-order valence-electron chi connectivity index (χ2n) is 5.62. The zero-order valence-electron chi connectivity index (χ0n) is 15.1. The van der Waals surface area contributed by atoms with E-state index in [-0.39, 0.29) is 12.4 Å². The van der Waals surface area contributed by atoms with Gasteiger partial charge in [0.2, 0.25) is 0 Å². The second-order valence-corrected chi connectivity index (χ2v) is 5.62. The molecule has 0 spiro atoms.